The minimum atomic E-state index is -0.519. The van der Waals surface area contributed by atoms with E-state index in [-0.39, 0.29) is 5.91 Å². The Kier molecular flexibility index (Phi) is 4.65. The molecule has 0 spiro atoms. The van der Waals surface area contributed by atoms with Crippen molar-refractivity contribution < 1.29 is 4.79 Å². The Hall–Kier alpha value is -2.16. The highest BCUT2D eigenvalue weighted by atomic mass is 16.1. The molecule has 0 saturated carbocycles. The van der Waals surface area contributed by atoms with Crippen molar-refractivity contribution in [3.8, 4) is 0 Å². The molecule has 2 aromatic rings. The van der Waals surface area contributed by atoms with Gasteiger partial charge in [0, 0.05) is 11.8 Å². The van der Waals surface area contributed by atoms with Gasteiger partial charge in [-0.1, -0.05) is 38.1 Å². The summed E-state index contributed by atoms with van der Waals surface area (Å²) in [7, 11) is 0. The van der Waals surface area contributed by atoms with Gasteiger partial charge in [0.15, 0.2) is 0 Å². The maximum Gasteiger partial charge on any atom is 0.252 e. The van der Waals surface area contributed by atoms with Gasteiger partial charge in [-0.25, -0.2) is 0 Å². The maximum absolute atomic E-state index is 12.8. The number of benzene rings is 1. The molecule has 1 aromatic carbocycles. The Bertz CT molecular complexity index is 660. The number of hydrogen-bond donors (Lipinski definition) is 1. The monoisotopic (exact) mass is 296 g/mol. The molecular formula is C19H24N2O. The minimum absolute atomic E-state index is 0.0440. The standard InChI is InChI=1S/C19H24N2O/c1-13(2)15-10-8-9-14(3)17(15)18(22)21-19(4,5)16-11-6-7-12-20-16/h6-13H,1-5H3,(H,21,22). The molecule has 1 heterocycles. The van der Waals surface area contributed by atoms with Crippen molar-refractivity contribution in [2.45, 2.75) is 46.1 Å². The first-order chi connectivity index (χ1) is 10.3. The fraction of sp³-hybridized carbons (Fsp3) is 0.368. The van der Waals surface area contributed by atoms with Gasteiger partial charge in [0.2, 0.25) is 0 Å². The summed E-state index contributed by atoms with van der Waals surface area (Å²) in [5, 5.41) is 3.12. The van der Waals surface area contributed by atoms with E-state index in [1.165, 1.54) is 0 Å². The fourth-order valence-corrected chi connectivity index (χ4v) is 2.62. The van der Waals surface area contributed by atoms with Gasteiger partial charge in [0.1, 0.15) is 0 Å². The van der Waals surface area contributed by atoms with Crippen molar-refractivity contribution in [1.82, 2.24) is 10.3 Å². The van der Waals surface area contributed by atoms with Gasteiger partial charge < -0.3 is 5.32 Å². The number of nitrogens with one attached hydrogen (secondary N) is 1. The van der Waals surface area contributed by atoms with E-state index in [1.807, 2.05) is 57.2 Å². The van der Waals surface area contributed by atoms with Crippen LogP contribution >= 0.6 is 0 Å². The molecule has 0 fully saturated rings. The number of aryl methyl sites for hydroxylation is 1. The molecule has 0 aliphatic heterocycles. The third-order valence-corrected chi connectivity index (χ3v) is 3.89. The number of amides is 1. The van der Waals surface area contributed by atoms with Crippen LogP contribution in [0.5, 0.6) is 0 Å². The molecular weight excluding hydrogens is 272 g/mol. The summed E-state index contributed by atoms with van der Waals surface area (Å²) < 4.78 is 0. The zero-order chi connectivity index (χ0) is 16.3. The maximum atomic E-state index is 12.8. The van der Waals surface area contributed by atoms with E-state index in [0.717, 1.165) is 22.4 Å². The minimum Gasteiger partial charge on any atom is -0.342 e. The van der Waals surface area contributed by atoms with E-state index in [1.54, 1.807) is 6.20 Å². The third kappa shape index (κ3) is 3.35. The number of carbonyl (C=O) groups is 1. The van der Waals surface area contributed by atoms with Crippen LogP contribution in [-0.2, 0) is 5.54 Å². The molecule has 0 unspecified atom stereocenters. The lowest BCUT2D eigenvalue weighted by Crippen LogP contribution is -2.42. The molecule has 22 heavy (non-hydrogen) atoms. The highest BCUT2D eigenvalue weighted by Crippen LogP contribution is 2.24. The van der Waals surface area contributed by atoms with E-state index < -0.39 is 5.54 Å². The molecule has 0 aliphatic carbocycles. The van der Waals surface area contributed by atoms with Gasteiger partial charge >= 0.3 is 0 Å². The van der Waals surface area contributed by atoms with Crippen molar-refractivity contribution >= 4 is 5.91 Å². The smallest absolute Gasteiger partial charge is 0.252 e. The first kappa shape index (κ1) is 16.2. The molecule has 3 heteroatoms. The predicted molar refractivity (Wildman–Crippen MR) is 90.0 cm³/mol. The van der Waals surface area contributed by atoms with E-state index in [9.17, 15) is 4.79 Å². The predicted octanol–water partition coefficient (Wildman–Crippen LogP) is 4.18. The molecule has 1 amide bonds. The lowest BCUT2D eigenvalue weighted by molar-refractivity contribution is 0.0908. The Labute approximate surface area is 132 Å². The third-order valence-electron chi connectivity index (χ3n) is 3.89. The fourth-order valence-electron chi connectivity index (χ4n) is 2.62. The average Bonchev–Trinajstić information content (AvgIpc) is 2.47. The van der Waals surface area contributed by atoms with Crippen LogP contribution in [0.1, 0.15) is 60.8 Å². The second kappa shape index (κ2) is 6.30. The molecule has 1 aromatic heterocycles. The molecule has 3 nitrogen and oxygen atoms in total. The number of hydrogen-bond acceptors (Lipinski definition) is 2. The number of pyridine rings is 1. The van der Waals surface area contributed by atoms with E-state index in [2.05, 4.69) is 24.1 Å². The Morgan fingerprint density at radius 2 is 1.86 bits per heavy atom. The molecule has 116 valence electrons. The highest BCUT2D eigenvalue weighted by molar-refractivity contribution is 5.97. The van der Waals surface area contributed by atoms with Crippen LogP contribution < -0.4 is 5.32 Å². The first-order valence-electron chi connectivity index (χ1n) is 7.66. The lowest BCUT2D eigenvalue weighted by atomic mass is 9.92. The molecule has 0 aliphatic rings. The van der Waals surface area contributed by atoms with Gasteiger partial charge in [-0.2, -0.15) is 0 Å². The highest BCUT2D eigenvalue weighted by Gasteiger charge is 2.26. The van der Waals surface area contributed by atoms with Crippen LogP contribution in [0.2, 0.25) is 0 Å². The summed E-state index contributed by atoms with van der Waals surface area (Å²) in [6, 6.07) is 11.8. The Balaban J connectivity index is 2.34. The van der Waals surface area contributed by atoms with Crippen molar-refractivity contribution in [2.75, 3.05) is 0 Å². The van der Waals surface area contributed by atoms with E-state index in [0.29, 0.717) is 5.92 Å². The number of carbonyl (C=O) groups excluding carboxylic acids is 1. The van der Waals surface area contributed by atoms with Crippen LogP contribution in [0.25, 0.3) is 0 Å². The van der Waals surface area contributed by atoms with E-state index >= 15 is 0 Å². The van der Waals surface area contributed by atoms with Gasteiger partial charge in [0.05, 0.1) is 11.2 Å². The summed E-state index contributed by atoms with van der Waals surface area (Å²) >= 11 is 0. The van der Waals surface area contributed by atoms with Crippen molar-refractivity contribution in [3.05, 3.63) is 65.0 Å². The van der Waals surface area contributed by atoms with Crippen LogP contribution in [0.15, 0.2) is 42.6 Å². The first-order valence-corrected chi connectivity index (χ1v) is 7.66. The Morgan fingerprint density at radius 1 is 1.14 bits per heavy atom. The lowest BCUT2D eigenvalue weighted by Gasteiger charge is -2.27. The van der Waals surface area contributed by atoms with Crippen molar-refractivity contribution in [3.63, 3.8) is 0 Å². The average molecular weight is 296 g/mol. The summed E-state index contributed by atoms with van der Waals surface area (Å²) in [4.78, 5) is 17.2. The summed E-state index contributed by atoms with van der Waals surface area (Å²) in [5.74, 6) is 0.260. The van der Waals surface area contributed by atoms with Crippen LogP contribution in [0.4, 0.5) is 0 Å². The second-order valence-corrected chi connectivity index (χ2v) is 6.49. The van der Waals surface area contributed by atoms with Gasteiger partial charge in [-0.3, -0.25) is 9.78 Å². The zero-order valence-electron chi connectivity index (χ0n) is 14.0. The summed E-state index contributed by atoms with van der Waals surface area (Å²) in [5.41, 5.74) is 3.19. The van der Waals surface area contributed by atoms with Crippen molar-refractivity contribution in [1.29, 1.82) is 0 Å². The number of aromatic nitrogens is 1. The Morgan fingerprint density at radius 3 is 2.45 bits per heavy atom. The molecule has 0 saturated heterocycles. The van der Waals surface area contributed by atoms with Gasteiger partial charge in [0.25, 0.3) is 5.91 Å². The van der Waals surface area contributed by atoms with Crippen molar-refractivity contribution in [2.24, 2.45) is 0 Å². The molecule has 0 bridgehead atoms. The largest absolute Gasteiger partial charge is 0.342 e. The summed E-state index contributed by atoms with van der Waals surface area (Å²) in [6.07, 6.45) is 1.75. The molecule has 0 atom stereocenters. The summed E-state index contributed by atoms with van der Waals surface area (Å²) in [6.45, 7) is 10.1. The topological polar surface area (TPSA) is 42.0 Å². The number of rotatable bonds is 4. The zero-order valence-corrected chi connectivity index (χ0v) is 14.0. The van der Waals surface area contributed by atoms with Crippen LogP contribution in [0, 0.1) is 6.92 Å². The van der Waals surface area contributed by atoms with E-state index in [4.69, 9.17) is 0 Å². The molecule has 1 N–H and O–H groups in total. The SMILES string of the molecule is Cc1cccc(C(C)C)c1C(=O)NC(C)(C)c1ccccn1. The van der Waals surface area contributed by atoms with Crippen LogP contribution in [-0.4, -0.2) is 10.9 Å². The normalized spacial score (nSPS) is 11.5. The number of nitrogens with zero attached hydrogens (tertiary/aromatic N) is 1. The van der Waals surface area contributed by atoms with Gasteiger partial charge in [-0.15, -0.1) is 0 Å². The van der Waals surface area contributed by atoms with Crippen LogP contribution in [0.3, 0.4) is 0 Å². The second-order valence-electron chi connectivity index (χ2n) is 6.49. The molecule has 0 radical (unpaired) electrons. The quantitative estimate of drug-likeness (QED) is 0.919. The van der Waals surface area contributed by atoms with Gasteiger partial charge in [-0.05, 0) is 49.9 Å². The molecule has 2 rings (SSSR count).